The van der Waals surface area contributed by atoms with Gasteiger partial charge in [0.25, 0.3) is 5.91 Å². The van der Waals surface area contributed by atoms with Crippen LogP contribution in [0.3, 0.4) is 0 Å². The van der Waals surface area contributed by atoms with Gasteiger partial charge < -0.3 is 5.32 Å². The maximum absolute atomic E-state index is 11.8. The van der Waals surface area contributed by atoms with Crippen molar-refractivity contribution in [3.63, 3.8) is 0 Å². The van der Waals surface area contributed by atoms with Crippen molar-refractivity contribution in [1.82, 2.24) is 15.5 Å². The number of hydrogen-bond donors (Lipinski definition) is 2. The molecule has 0 unspecified atom stereocenters. The van der Waals surface area contributed by atoms with Crippen molar-refractivity contribution in [1.29, 1.82) is 0 Å². The first-order valence-corrected chi connectivity index (χ1v) is 6.98. The van der Waals surface area contributed by atoms with Gasteiger partial charge in [0, 0.05) is 13.0 Å². The van der Waals surface area contributed by atoms with Crippen molar-refractivity contribution in [2.45, 2.75) is 12.8 Å². The number of halogens is 1. The standard InChI is InChI=1S/C12H12ClN3O2S/c13-11(17)4-1-5-14-12(18)9-7-8(15-16-9)10-3-2-6-19-10/h2-3,6-7H,1,4-5H2,(H,14,18)(H,15,16). The molecular formula is C12H12ClN3O2S. The molecule has 2 rings (SSSR count). The predicted molar refractivity (Wildman–Crippen MR) is 74.3 cm³/mol. The first-order chi connectivity index (χ1) is 9.16. The minimum Gasteiger partial charge on any atom is -0.351 e. The zero-order valence-electron chi connectivity index (χ0n) is 9.98. The van der Waals surface area contributed by atoms with E-state index in [-0.39, 0.29) is 12.3 Å². The monoisotopic (exact) mass is 297 g/mol. The fourth-order valence-corrected chi connectivity index (χ4v) is 2.34. The van der Waals surface area contributed by atoms with Gasteiger partial charge in [-0.2, -0.15) is 5.10 Å². The van der Waals surface area contributed by atoms with Crippen LogP contribution in [0, 0.1) is 0 Å². The SMILES string of the molecule is O=C(Cl)CCCNC(=O)c1cc(-c2cccs2)[nH]n1. The molecule has 0 saturated heterocycles. The van der Waals surface area contributed by atoms with E-state index in [9.17, 15) is 9.59 Å². The molecule has 2 aromatic heterocycles. The Kier molecular flexibility index (Phi) is 4.70. The fraction of sp³-hybridized carbons (Fsp3) is 0.250. The number of nitrogens with one attached hydrogen (secondary N) is 2. The smallest absolute Gasteiger partial charge is 0.271 e. The number of carbonyl (C=O) groups excluding carboxylic acids is 2. The van der Waals surface area contributed by atoms with Crippen molar-refractivity contribution in [3.8, 4) is 10.6 Å². The Balaban J connectivity index is 1.88. The Hall–Kier alpha value is -1.66. The van der Waals surface area contributed by atoms with E-state index >= 15 is 0 Å². The van der Waals surface area contributed by atoms with E-state index in [0.717, 1.165) is 10.6 Å². The van der Waals surface area contributed by atoms with Gasteiger partial charge >= 0.3 is 0 Å². The summed E-state index contributed by atoms with van der Waals surface area (Å²) in [7, 11) is 0. The molecule has 5 nitrogen and oxygen atoms in total. The Labute approximate surface area is 119 Å². The molecule has 0 saturated carbocycles. The van der Waals surface area contributed by atoms with Gasteiger partial charge in [-0.3, -0.25) is 14.7 Å². The molecule has 0 fully saturated rings. The number of thiophene rings is 1. The quantitative estimate of drug-likeness (QED) is 0.635. The van der Waals surface area contributed by atoms with Crippen molar-refractivity contribution in [3.05, 3.63) is 29.3 Å². The molecule has 1 amide bonds. The number of amides is 1. The number of carbonyl (C=O) groups is 2. The lowest BCUT2D eigenvalue weighted by Gasteiger charge is -2.00. The number of nitrogens with zero attached hydrogens (tertiary/aromatic N) is 1. The topological polar surface area (TPSA) is 74.8 Å². The number of hydrogen-bond acceptors (Lipinski definition) is 4. The summed E-state index contributed by atoms with van der Waals surface area (Å²) in [5.41, 5.74) is 1.15. The molecule has 0 spiro atoms. The van der Waals surface area contributed by atoms with Crippen molar-refractivity contribution in [2.75, 3.05) is 6.54 Å². The maximum Gasteiger partial charge on any atom is 0.271 e. The third-order valence-corrected chi connectivity index (χ3v) is 3.52. The van der Waals surface area contributed by atoms with Crippen LogP contribution < -0.4 is 5.32 Å². The number of aromatic amines is 1. The summed E-state index contributed by atoms with van der Waals surface area (Å²) in [4.78, 5) is 23.3. The summed E-state index contributed by atoms with van der Waals surface area (Å²) in [5.74, 6) is -0.263. The molecule has 7 heteroatoms. The highest BCUT2D eigenvalue weighted by Crippen LogP contribution is 2.22. The van der Waals surface area contributed by atoms with Gasteiger partial charge in [0.1, 0.15) is 0 Å². The summed E-state index contributed by atoms with van der Waals surface area (Å²) in [6.07, 6.45) is 0.777. The lowest BCUT2D eigenvalue weighted by molar-refractivity contribution is -0.111. The number of H-pyrrole nitrogens is 1. The van der Waals surface area contributed by atoms with E-state index in [1.165, 1.54) is 0 Å². The number of rotatable bonds is 6. The first kappa shape index (κ1) is 13.8. The average molecular weight is 298 g/mol. The highest BCUT2D eigenvalue weighted by Gasteiger charge is 2.11. The van der Waals surface area contributed by atoms with Crippen LogP contribution in [-0.2, 0) is 4.79 Å². The molecular weight excluding hydrogens is 286 g/mol. The third-order valence-electron chi connectivity index (χ3n) is 2.43. The van der Waals surface area contributed by atoms with E-state index in [2.05, 4.69) is 15.5 Å². The van der Waals surface area contributed by atoms with Crippen LogP contribution in [0.25, 0.3) is 10.6 Å². The van der Waals surface area contributed by atoms with Gasteiger partial charge in [-0.05, 0) is 35.5 Å². The highest BCUT2D eigenvalue weighted by atomic mass is 35.5. The van der Waals surface area contributed by atoms with Crippen LogP contribution >= 0.6 is 22.9 Å². The largest absolute Gasteiger partial charge is 0.351 e. The molecule has 0 aliphatic heterocycles. The zero-order valence-corrected chi connectivity index (χ0v) is 11.6. The molecule has 0 aliphatic rings. The molecule has 2 heterocycles. The molecule has 2 aromatic rings. The van der Waals surface area contributed by atoms with Gasteiger partial charge in [-0.15, -0.1) is 11.3 Å². The lowest BCUT2D eigenvalue weighted by Crippen LogP contribution is -2.25. The van der Waals surface area contributed by atoms with Gasteiger partial charge in [0.2, 0.25) is 5.24 Å². The summed E-state index contributed by atoms with van der Waals surface area (Å²) in [5, 5.41) is 11.0. The summed E-state index contributed by atoms with van der Waals surface area (Å²) in [6, 6.07) is 5.59. The van der Waals surface area contributed by atoms with Gasteiger partial charge in [0.05, 0.1) is 10.6 Å². The van der Waals surface area contributed by atoms with Crippen molar-refractivity contribution < 1.29 is 9.59 Å². The van der Waals surface area contributed by atoms with Crippen LogP contribution in [-0.4, -0.2) is 27.9 Å². The summed E-state index contributed by atoms with van der Waals surface area (Å²) >= 11 is 6.77. The Morgan fingerprint density at radius 1 is 1.47 bits per heavy atom. The van der Waals surface area contributed by atoms with Crippen LogP contribution in [0.2, 0.25) is 0 Å². The first-order valence-electron chi connectivity index (χ1n) is 5.72. The van der Waals surface area contributed by atoms with Crippen LogP contribution in [0.1, 0.15) is 23.3 Å². The Morgan fingerprint density at radius 2 is 2.32 bits per heavy atom. The fourth-order valence-electron chi connectivity index (χ4n) is 1.52. The van der Waals surface area contributed by atoms with Crippen molar-refractivity contribution in [2.24, 2.45) is 0 Å². The molecule has 0 bridgehead atoms. The molecule has 0 atom stereocenters. The van der Waals surface area contributed by atoms with Gasteiger partial charge in [0.15, 0.2) is 5.69 Å². The second-order valence-corrected chi connectivity index (χ2v) is 5.23. The molecule has 19 heavy (non-hydrogen) atoms. The minimum atomic E-state index is -0.394. The van der Waals surface area contributed by atoms with E-state index < -0.39 is 5.24 Å². The van der Waals surface area contributed by atoms with E-state index in [4.69, 9.17) is 11.6 Å². The minimum absolute atomic E-state index is 0.253. The summed E-state index contributed by atoms with van der Waals surface area (Å²) < 4.78 is 0. The predicted octanol–water partition coefficient (Wildman–Crippen LogP) is 2.41. The van der Waals surface area contributed by atoms with E-state index in [0.29, 0.717) is 18.7 Å². The molecule has 0 aromatic carbocycles. The van der Waals surface area contributed by atoms with Crippen LogP contribution in [0.5, 0.6) is 0 Å². The van der Waals surface area contributed by atoms with E-state index in [1.807, 2.05) is 17.5 Å². The maximum atomic E-state index is 11.8. The lowest BCUT2D eigenvalue weighted by atomic mass is 10.3. The molecule has 2 N–H and O–H groups in total. The highest BCUT2D eigenvalue weighted by molar-refractivity contribution is 7.13. The third kappa shape index (κ3) is 3.90. The number of aromatic nitrogens is 2. The molecule has 0 aliphatic carbocycles. The Bertz CT molecular complexity index is 565. The van der Waals surface area contributed by atoms with Crippen LogP contribution in [0.15, 0.2) is 23.6 Å². The second kappa shape index (κ2) is 6.49. The molecule has 100 valence electrons. The Morgan fingerprint density at radius 3 is 3.00 bits per heavy atom. The van der Waals surface area contributed by atoms with E-state index in [1.54, 1.807) is 17.4 Å². The van der Waals surface area contributed by atoms with Gasteiger partial charge in [-0.25, -0.2) is 0 Å². The van der Waals surface area contributed by atoms with Crippen LogP contribution in [0.4, 0.5) is 0 Å². The second-order valence-electron chi connectivity index (χ2n) is 3.86. The zero-order chi connectivity index (χ0) is 13.7. The van der Waals surface area contributed by atoms with Gasteiger partial charge in [-0.1, -0.05) is 6.07 Å². The van der Waals surface area contributed by atoms with Crippen molar-refractivity contribution >= 4 is 34.1 Å². The summed E-state index contributed by atoms with van der Waals surface area (Å²) in [6.45, 7) is 0.401. The molecule has 0 radical (unpaired) electrons. The normalized spacial score (nSPS) is 10.4. The average Bonchev–Trinajstić information content (AvgIpc) is 3.03.